The van der Waals surface area contributed by atoms with E-state index in [0.29, 0.717) is 29.4 Å². The molecule has 0 aliphatic carbocycles. The number of carbonyl (C=O) groups is 2. The highest BCUT2D eigenvalue weighted by molar-refractivity contribution is 9.10. The Kier molecular flexibility index (Phi) is 6.39. The topological polar surface area (TPSA) is 122 Å². The number of amides is 2. The van der Waals surface area contributed by atoms with Crippen molar-refractivity contribution in [3.05, 3.63) is 45.8 Å². The first-order valence-electron chi connectivity index (χ1n) is 8.99. The second-order valence-electron chi connectivity index (χ2n) is 6.78. The molecular weight excluding hydrogens is 464 g/mol. The summed E-state index contributed by atoms with van der Waals surface area (Å²) in [5.74, 6) is -1.28. The molecule has 9 nitrogen and oxygen atoms in total. The summed E-state index contributed by atoms with van der Waals surface area (Å²) in [7, 11) is -3.82. The first kappa shape index (κ1) is 21.5. The first-order chi connectivity index (χ1) is 13.7. The number of aryl methyl sites for hydroxylation is 2. The molecule has 2 aromatic rings. The molecule has 1 aromatic heterocycles. The Labute approximate surface area is 177 Å². The van der Waals surface area contributed by atoms with Crippen LogP contribution in [0.1, 0.15) is 34.7 Å². The van der Waals surface area contributed by atoms with Crippen molar-refractivity contribution < 1.29 is 22.5 Å². The standard InChI is InChI=1S/C18H21BrN4O5S/c1-11-16(12(2)28-22-11)29(26,27)23-9-5-6-13(10-23)17(24)20-21-18(25)14-7-3-4-8-15(14)19/h3-4,7-8,13H,5-6,9-10H2,1-2H3,(H,20,24)(H,21,25). The molecule has 0 spiro atoms. The monoisotopic (exact) mass is 484 g/mol. The van der Waals surface area contributed by atoms with Crippen LogP contribution in [0.3, 0.4) is 0 Å². The number of hydrazine groups is 1. The SMILES string of the molecule is Cc1noc(C)c1S(=O)(=O)N1CCCC(C(=O)NNC(=O)c2ccccc2Br)C1. The predicted molar refractivity (Wildman–Crippen MR) is 107 cm³/mol. The zero-order chi connectivity index (χ0) is 21.2. The lowest BCUT2D eigenvalue weighted by molar-refractivity contribution is -0.126. The number of piperidine rings is 1. The van der Waals surface area contributed by atoms with E-state index in [1.165, 1.54) is 11.2 Å². The molecule has 1 aliphatic heterocycles. The fraction of sp³-hybridized carbons (Fsp3) is 0.389. The Balaban J connectivity index is 1.65. The normalized spacial score (nSPS) is 17.7. The smallest absolute Gasteiger partial charge is 0.270 e. The lowest BCUT2D eigenvalue weighted by Gasteiger charge is -2.31. The van der Waals surface area contributed by atoms with Gasteiger partial charge in [-0.25, -0.2) is 8.42 Å². The number of nitrogens with one attached hydrogen (secondary N) is 2. The predicted octanol–water partition coefficient (Wildman–Crippen LogP) is 1.92. The molecule has 2 amide bonds. The molecule has 2 heterocycles. The van der Waals surface area contributed by atoms with Gasteiger partial charge in [-0.05, 0) is 54.8 Å². The third-order valence-electron chi connectivity index (χ3n) is 4.74. The molecule has 0 saturated carbocycles. The van der Waals surface area contributed by atoms with Crippen LogP contribution in [-0.4, -0.2) is 42.8 Å². The van der Waals surface area contributed by atoms with E-state index in [0.717, 1.165) is 0 Å². The molecular formula is C18H21BrN4O5S. The van der Waals surface area contributed by atoms with E-state index in [-0.39, 0.29) is 22.9 Å². The lowest BCUT2D eigenvalue weighted by atomic mass is 9.99. The molecule has 1 fully saturated rings. The van der Waals surface area contributed by atoms with Gasteiger partial charge in [0.1, 0.15) is 10.6 Å². The zero-order valence-electron chi connectivity index (χ0n) is 15.9. The van der Waals surface area contributed by atoms with Gasteiger partial charge in [0, 0.05) is 17.6 Å². The average Bonchev–Trinajstić information content (AvgIpc) is 3.05. The summed E-state index contributed by atoms with van der Waals surface area (Å²) >= 11 is 3.28. The third kappa shape index (κ3) is 4.51. The Bertz CT molecular complexity index is 1020. The summed E-state index contributed by atoms with van der Waals surface area (Å²) in [5.41, 5.74) is 5.43. The highest BCUT2D eigenvalue weighted by atomic mass is 79.9. The number of hydrogen-bond donors (Lipinski definition) is 2. The average molecular weight is 485 g/mol. The molecule has 1 saturated heterocycles. The maximum atomic E-state index is 13.0. The Morgan fingerprint density at radius 2 is 1.97 bits per heavy atom. The van der Waals surface area contributed by atoms with Gasteiger partial charge in [0.05, 0.1) is 11.5 Å². The minimum absolute atomic E-state index is 0.0170. The highest BCUT2D eigenvalue weighted by Gasteiger charge is 2.36. The van der Waals surface area contributed by atoms with Crippen LogP contribution in [0.4, 0.5) is 0 Å². The molecule has 3 rings (SSSR count). The van der Waals surface area contributed by atoms with E-state index in [1.807, 2.05) is 0 Å². The molecule has 29 heavy (non-hydrogen) atoms. The fourth-order valence-corrected chi connectivity index (χ4v) is 5.56. The maximum Gasteiger partial charge on any atom is 0.270 e. The van der Waals surface area contributed by atoms with Gasteiger partial charge in [0.15, 0.2) is 5.76 Å². The number of nitrogens with zero attached hydrogens (tertiary/aromatic N) is 2. The van der Waals surface area contributed by atoms with Crippen LogP contribution in [0.5, 0.6) is 0 Å². The van der Waals surface area contributed by atoms with Crippen molar-refractivity contribution >= 4 is 37.8 Å². The number of aromatic nitrogens is 1. The minimum atomic E-state index is -3.82. The van der Waals surface area contributed by atoms with E-state index in [9.17, 15) is 18.0 Å². The molecule has 2 N–H and O–H groups in total. The van der Waals surface area contributed by atoms with Gasteiger partial charge in [0.25, 0.3) is 5.91 Å². The van der Waals surface area contributed by atoms with Crippen LogP contribution in [-0.2, 0) is 14.8 Å². The summed E-state index contributed by atoms with van der Waals surface area (Å²) in [6.07, 6.45) is 1.04. The van der Waals surface area contributed by atoms with E-state index in [4.69, 9.17) is 4.52 Å². The van der Waals surface area contributed by atoms with Crippen LogP contribution < -0.4 is 10.9 Å². The minimum Gasteiger partial charge on any atom is -0.360 e. The van der Waals surface area contributed by atoms with Crippen molar-refractivity contribution in [2.45, 2.75) is 31.6 Å². The van der Waals surface area contributed by atoms with Crippen molar-refractivity contribution in [1.82, 2.24) is 20.3 Å². The van der Waals surface area contributed by atoms with E-state index in [2.05, 4.69) is 31.9 Å². The van der Waals surface area contributed by atoms with Gasteiger partial charge in [-0.1, -0.05) is 17.3 Å². The summed E-state index contributed by atoms with van der Waals surface area (Å²) in [6.45, 7) is 3.43. The van der Waals surface area contributed by atoms with Gasteiger partial charge in [-0.3, -0.25) is 20.4 Å². The Hall–Kier alpha value is -2.24. The molecule has 1 aromatic carbocycles. The van der Waals surface area contributed by atoms with Gasteiger partial charge in [0.2, 0.25) is 15.9 Å². The molecule has 1 aliphatic rings. The highest BCUT2D eigenvalue weighted by Crippen LogP contribution is 2.27. The van der Waals surface area contributed by atoms with Gasteiger partial charge in [-0.15, -0.1) is 0 Å². The molecule has 11 heteroatoms. The van der Waals surface area contributed by atoms with Crippen molar-refractivity contribution in [2.75, 3.05) is 13.1 Å². The lowest BCUT2D eigenvalue weighted by Crippen LogP contribution is -2.50. The van der Waals surface area contributed by atoms with E-state index in [1.54, 1.807) is 31.2 Å². The van der Waals surface area contributed by atoms with Gasteiger partial charge >= 0.3 is 0 Å². The van der Waals surface area contributed by atoms with Crippen molar-refractivity contribution in [1.29, 1.82) is 0 Å². The fourth-order valence-electron chi connectivity index (χ4n) is 3.28. The van der Waals surface area contributed by atoms with Crippen LogP contribution >= 0.6 is 15.9 Å². The Morgan fingerprint density at radius 1 is 1.24 bits per heavy atom. The molecule has 0 radical (unpaired) electrons. The molecule has 0 bridgehead atoms. The van der Waals surface area contributed by atoms with Crippen LogP contribution in [0, 0.1) is 19.8 Å². The van der Waals surface area contributed by atoms with Crippen LogP contribution in [0.15, 0.2) is 38.2 Å². The summed E-state index contributed by atoms with van der Waals surface area (Å²) in [5, 5.41) is 3.70. The second kappa shape index (κ2) is 8.64. The van der Waals surface area contributed by atoms with Crippen LogP contribution in [0.2, 0.25) is 0 Å². The van der Waals surface area contributed by atoms with Crippen molar-refractivity contribution in [2.24, 2.45) is 5.92 Å². The maximum absolute atomic E-state index is 13.0. The first-order valence-corrected chi connectivity index (χ1v) is 11.2. The van der Waals surface area contributed by atoms with Gasteiger partial charge < -0.3 is 4.52 Å². The summed E-state index contributed by atoms with van der Waals surface area (Å²) in [4.78, 5) is 24.8. The summed E-state index contributed by atoms with van der Waals surface area (Å²) < 4.78 is 32.8. The number of rotatable bonds is 4. The quantitative estimate of drug-likeness (QED) is 0.639. The zero-order valence-corrected chi connectivity index (χ0v) is 18.3. The molecule has 156 valence electrons. The van der Waals surface area contributed by atoms with Crippen molar-refractivity contribution in [3.8, 4) is 0 Å². The van der Waals surface area contributed by atoms with Crippen LogP contribution in [0.25, 0.3) is 0 Å². The largest absolute Gasteiger partial charge is 0.360 e. The van der Waals surface area contributed by atoms with Crippen molar-refractivity contribution in [3.63, 3.8) is 0 Å². The second-order valence-corrected chi connectivity index (χ2v) is 9.51. The van der Waals surface area contributed by atoms with E-state index < -0.39 is 27.8 Å². The number of carbonyl (C=O) groups excluding carboxylic acids is 2. The number of benzene rings is 1. The Morgan fingerprint density at radius 3 is 2.62 bits per heavy atom. The number of hydrogen-bond acceptors (Lipinski definition) is 6. The molecule has 1 atom stereocenters. The third-order valence-corrected chi connectivity index (χ3v) is 7.54. The summed E-state index contributed by atoms with van der Waals surface area (Å²) in [6, 6.07) is 6.81. The number of sulfonamides is 1. The number of halogens is 1. The van der Waals surface area contributed by atoms with E-state index >= 15 is 0 Å². The van der Waals surface area contributed by atoms with Gasteiger partial charge in [-0.2, -0.15) is 4.31 Å². The molecule has 1 unspecified atom stereocenters.